The van der Waals surface area contributed by atoms with E-state index in [4.69, 9.17) is 0 Å². The molecular formula is C9H14O3S. The monoisotopic (exact) mass is 202 g/mol. The molecule has 0 spiro atoms. The fraction of sp³-hybridized carbons (Fsp3) is 0.667. The third kappa shape index (κ3) is 1.43. The Labute approximate surface area is 78.8 Å². The number of sulfone groups is 1. The summed E-state index contributed by atoms with van der Waals surface area (Å²) in [6, 6.07) is 0. The molecule has 0 aromatic heterocycles. The van der Waals surface area contributed by atoms with E-state index < -0.39 is 20.5 Å². The molecule has 74 valence electrons. The SMILES string of the molecule is C=CC(=O)C1CCS(=O)(=O)C1(C)C. The van der Waals surface area contributed by atoms with E-state index in [1.54, 1.807) is 13.8 Å². The van der Waals surface area contributed by atoms with Crippen molar-refractivity contribution in [3.63, 3.8) is 0 Å². The van der Waals surface area contributed by atoms with Gasteiger partial charge in [-0.25, -0.2) is 8.42 Å². The standard InChI is InChI=1S/C9H14O3S/c1-4-8(10)7-5-6-13(11,12)9(7,2)3/h4,7H,1,5-6H2,2-3H3. The second-order valence-corrected chi connectivity index (χ2v) is 6.56. The Balaban J connectivity index is 3.09. The van der Waals surface area contributed by atoms with Crippen LogP contribution in [0.5, 0.6) is 0 Å². The number of rotatable bonds is 2. The van der Waals surface area contributed by atoms with Crippen molar-refractivity contribution in [2.75, 3.05) is 5.75 Å². The molecule has 1 fully saturated rings. The van der Waals surface area contributed by atoms with Gasteiger partial charge in [-0.15, -0.1) is 0 Å². The average molecular weight is 202 g/mol. The highest BCUT2D eigenvalue weighted by Gasteiger charge is 2.49. The van der Waals surface area contributed by atoms with Crippen molar-refractivity contribution in [1.82, 2.24) is 0 Å². The fourth-order valence-electron chi connectivity index (χ4n) is 1.73. The Bertz CT molecular complexity index is 338. The van der Waals surface area contributed by atoms with Crippen LogP contribution < -0.4 is 0 Å². The van der Waals surface area contributed by atoms with Gasteiger partial charge < -0.3 is 0 Å². The zero-order valence-electron chi connectivity index (χ0n) is 7.91. The van der Waals surface area contributed by atoms with Gasteiger partial charge >= 0.3 is 0 Å². The maximum atomic E-state index is 11.5. The quantitative estimate of drug-likeness (QED) is 0.626. The molecule has 0 aromatic carbocycles. The molecule has 1 saturated heterocycles. The topological polar surface area (TPSA) is 51.2 Å². The molecule has 0 bridgehead atoms. The largest absolute Gasteiger partial charge is 0.295 e. The van der Waals surface area contributed by atoms with Crippen LogP contribution in [0.1, 0.15) is 20.3 Å². The summed E-state index contributed by atoms with van der Waals surface area (Å²) in [6.07, 6.45) is 1.65. The van der Waals surface area contributed by atoms with Crippen molar-refractivity contribution in [3.8, 4) is 0 Å². The Morgan fingerprint density at radius 1 is 1.54 bits per heavy atom. The third-order valence-corrected chi connectivity index (χ3v) is 5.52. The minimum atomic E-state index is -3.10. The Hall–Kier alpha value is -0.640. The lowest BCUT2D eigenvalue weighted by atomic mass is 9.89. The van der Waals surface area contributed by atoms with Crippen molar-refractivity contribution >= 4 is 15.6 Å². The van der Waals surface area contributed by atoms with Gasteiger partial charge in [0.2, 0.25) is 0 Å². The molecule has 1 atom stereocenters. The molecular weight excluding hydrogens is 188 g/mol. The summed E-state index contributed by atoms with van der Waals surface area (Å²) in [6.45, 7) is 6.60. The van der Waals surface area contributed by atoms with Crippen LogP contribution in [0.2, 0.25) is 0 Å². The van der Waals surface area contributed by atoms with Gasteiger partial charge in [0.25, 0.3) is 0 Å². The first kappa shape index (κ1) is 10.4. The molecule has 13 heavy (non-hydrogen) atoms. The molecule has 0 aliphatic carbocycles. The van der Waals surface area contributed by atoms with E-state index in [9.17, 15) is 13.2 Å². The molecule has 0 saturated carbocycles. The zero-order chi connectivity index (χ0) is 10.3. The third-order valence-electron chi connectivity index (χ3n) is 2.86. The van der Waals surface area contributed by atoms with Gasteiger partial charge in [0.15, 0.2) is 15.6 Å². The fourth-order valence-corrected chi connectivity index (χ4v) is 3.47. The van der Waals surface area contributed by atoms with Gasteiger partial charge in [-0.3, -0.25) is 4.79 Å². The number of hydrogen-bond acceptors (Lipinski definition) is 3. The van der Waals surface area contributed by atoms with E-state index in [0.717, 1.165) is 0 Å². The normalized spacial score (nSPS) is 29.8. The second kappa shape index (κ2) is 2.94. The van der Waals surface area contributed by atoms with Crippen LogP contribution in [0.25, 0.3) is 0 Å². The van der Waals surface area contributed by atoms with Crippen LogP contribution in [-0.4, -0.2) is 24.7 Å². The molecule has 1 aliphatic rings. The summed E-state index contributed by atoms with van der Waals surface area (Å²) in [4.78, 5) is 11.3. The van der Waals surface area contributed by atoms with Crippen LogP contribution in [0.15, 0.2) is 12.7 Å². The van der Waals surface area contributed by atoms with Gasteiger partial charge in [0, 0.05) is 5.92 Å². The van der Waals surface area contributed by atoms with Crippen molar-refractivity contribution in [1.29, 1.82) is 0 Å². The smallest absolute Gasteiger partial charge is 0.159 e. The minimum Gasteiger partial charge on any atom is -0.295 e. The van der Waals surface area contributed by atoms with Gasteiger partial charge in [0.05, 0.1) is 10.5 Å². The van der Waals surface area contributed by atoms with Crippen molar-refractivity contribution in [2.45, 2.75) is 25.0 Å². The van der Waals surface area contributed by atoms with E-state index in [-0.39, 0.29) is 11.5 Å². The van der Waals surface area contributed by atoms with E-state index in [1.165, 1.54) is 6.08 Å². The van der Waals surface area contributed by atoms with Crippen molar-refractivity contribution in [3.05, 3.63) is 12.7 Å². The minimum absolute atomic E-state index is 0.115. The second-order valence-electron chi connectivity index (χ2n) is 3.87. The molecule has 0 radical (unpaired) electrons. The number of allylic oxidation sites excluding steroid dienone is 1. The first-order valence-corrected chi connectivity index (χ1v) is 5.87. The number of carbonyl (C=O) groups is 1. The Morgan fingerprint density at radius 3 is 2.38 bits per heavy atom. The molecule has 1 heterocycles. The lowest BCUT2D eigenvalue weighted by molar-refractivity contribution is -0.118. The first-order valence-electron chi connectivity index (χ1n) is 4.21. The summed E-state index contributed by atoms with van der Waals surface area (Å²) in [5.41, 5.74) is 0. The predicted octanol–water partition coefficient (Wildman–Crippen LogP) is 0.955. The highest BCUT2D eigenvalue weighted by atomic mass is 32.2. The molecule has 1 aliphatic heterocycles. The van der Waals surface area contributed by atoms with Crippen LogP contribution in [0, 0.1) is 5.92 Å². The molecule has 3 nitrogen and oxygen atoms in total. The molecule has 1 unspecified atom stereocenters. The Kier molecular flexibility index (Phi) is 2.36. The highest BCUT2D eigenvalue weighted by Crippen LogP contribution is 2.37. The van der Waals surface area contributed by atoms with E-state index >= 15 is 0 Å². The van der Waals surface area contributed by atoms with Crippen LogP contribution >= 0.6 is 0 Å². The summed E-state index contributed by atoms with van der Waals surface area (Å²) < 4.78 is 22.1. The van der Waals surface area contributed by atoms with Crippen LogP contribution in [0.3, 0.4) is 0 Å². The van der Waals surface area contributed by atoms with Gasteiger partial charge in [-0.05, 0) is 26.3 Å². The lowest BCUT2D eigenvalue weighted by Gasteiger charge is -2.23. The molecule has 4 heteroatoms. The number of carbonyl (C=O) groups excluding carboxylic acids is 1. The highest BCUT2D eigenvalue weighted by molar-refractivity contribution is 7.93. The van der Waals surface area contributed by atoms with Gasteiger partial charge in [-0.2, -0.15) is 0 Å². The first-order chi connectivity index (χ1) is 5.83. The summed E-state index contributed by atoms with van der Waals surface area (Å²) in [5, 5.41) is 0. The van der Waals surface area contributed by atoms with Gasteiger partial charge in [0.1, 0.15) is 0 Å². The van der Waals surface area contributed by atoms with Crippen molar-refractivity contribution in [2.24, 2.45) is 5.92 Å². The van der Waals surface area contributed by atoms with E-state index in [1.807, 2.05) is 0 Å². The number of ketones is 1. The van der Waals surface area contributed by atoms with Crippen molar-refractivity contribution < 1.29 is 13.2 Å². The zero-order valence-corrected chi connectivity index (χ0v) is 8.73. The molecule has 0 aromatic rings. The molecule has 1 rings (SSSR count). The maximum Gasteiger partial charge on any atom is 0.159 e. The van der Waals surface area contributed by atoms with E-state index in [2.05, 4.69) is 6.58 Å². The summed E-state index contributed by atoms with van der Waals surface area (Å²) >= 11 is 0. The molecule has 0 amide bonds. The summed E-state index contributed by atoms with van der Waals surface area (Å²) in [5.74, 6) is -0.453. The average Bonchev–Trinajstić information content (AvgIpc) is 2.22. The lowest BCUT2D eigenvalue weighted by Crippen LogP contribution is -2.37. The predicted molar refractivity (Wildman–Crippen MR) is 51.2 cm³/mol. The Morgan fingerprint density at radius 2 is 2.08 bits per heavy atom. The molecule has 0 N–H and O–H groups in total. The maximum absolute atomic E-state index is 11.5. The van der Waals surface area contributed by atoms with Crippen LogP contribution in [-0.2, 0) is 14.6 Å². The van der Waals surface area contributed by atoms with Gasteiger partial charge in [-0.1, -0.05) is 6.58 Å². The van der Waals surface area contributed by atoms with Crippen LogP contribution in [0.4, 0.5) is 0 Å². The van der Waals surface area contributed by atoms with E-state index in [0.29, 0.717) is 6.42 Å². The summed E-state index contributed by atoms with van der Waals surface area (Å²) in [7, 11) is -3.10. The number of hydrogen-bond donors (Lipinski definition) is 0.